The lowest BCUT2D eigenvalue weighted by molar-refractivity contribution is -0.119. The third-order valence-electron chi connectivity index (χ3n) is 6.84. The van der Waals surface area contributed by atoms with Gasteiger partial charge in [-0.3, -0.25) is 9.59 Å². The van der Waals surface area contributed by atoms with Crippen LogP contribution in [0.25, 0.3) is 0 Å². The monoisotopic (exact) mass is 491 g/mol. The third-order valence-corrected chi connectivity index (χ3v) is 6.84. The number of benzene rings is 1. The van der Waals surface area contributed by atoms with Gasteiger partial charge >= 0.3 is 0 Å². The summed E-state index contributed by atoms with van der Waals surface area (Å²) in [5, 5.41) is 0. The first kappa shape index (κ1) is 26.3. The normalized spacial score (nSPS) is 17.7. The molecule has 2 heterocycles. The van der Waals surface area contributed by atoms with Crippen LogP contribution in [0.5, 0.6) is 0 Å². The van der Waals surface area contributed by atoms with Crippen LogP contribution in [0.4, 0.5) is 5.69 Å². The van der Waals surface area contributed by atoms with E-state index >= 15 is 0 Å². The molecule has 4 rings (SSSR count). The first-order chi connectivity index (χ1) is 17.3. The van der Waals surface area contributed by atoms with E-state index < -0.39 is 0 Å². The van der Waals surface area contributed by atoms with Crippen LogP contribution in [0.3, 0.4) is 0 Å². The van der Waals surface area contributed by atoms with Gasteiger partial charge in [0.2, 0.25) is 5.91 Å². The zero-order chi connectivity index (χ0) is 25.7. The Bertz CT molecular complexity index is 1030. The Morgan fingerprint density at radius 2 is 1.67 bits per heavy atom. The maximum atomic E-state index is 13.7. The zero-order valence-electron chi connectivity index (χ0n) is 22.3. The molecule has 1 saturated carbocycles. The minimum atomic E-state index is -0.0593. The molecular formula is C29H41N5O2. The quantitative estimate of drug-likeness (QED) is 0.584. The predicted octanol–water partition coefficient (Wildman–Crippen LogP) is 4.74. The van der Waals surface area contributed by atoms with E-state index in [0.29, 0.717) is 43.5 Å². The molecule has 0 unspecified atom stereocenters. The van der Waals surface area contributed by atoms with E-state index in [-0.39, 0.29) is 17.7 Å². The van der Waals surface area contributed by atoms with Crippen molar-refractivity contribution in [1.29, 1.82) is 0 Å². The molecule has 2 amide bonds. The summed E-state index contributed by atoms with van der Waals surface area (Å²) in [7, 11) is 0. The van der Waals surface area contributed by atoms with Crippen molar-refractivity contribution in [3.05, 3.63) is 53.6 Å². The van der Waals surface area contributed by atoms with Gasteiger partial charge < -0.3 is 14.7 Å². The Morgan fingerprint density at radius 3 is 2.33 bits per heavy atom. The average Bonchev–Trinajstić information content (AvgIpc) is 3.69. The number of anilines is 1. The van der Waals surface area contributed by atoms with E-state index in [0.717, 1.165) is 56.0 Å². The fourth-order valence-corrected chi connectivity index (χ4v) is 4.91. The highest BCUT2D eigenvalue weighted by molar-refractivity contribution is 5.95. The van der Waals surface area contributed by atoms with Gasteiger partial charge in [0, 0.05) is 63.1 Å². The van der Waals surface area contributed by atoms with Crippen molar-refractivity contribution >= 4 is 17.5 Å². The van der Waals surface area contributed by atoms with Crippen molar-refractivity contribution in [2.45, 2.75) is 65.8 Å². The molecule has 194 valence electrons. The maximum Gasteiger partial charge on any atom is 0.257 e. The molecule has 1 aliphatic heterocycles. The summed E-state index contributed by atoms with van der Waals surface area (Å²) in [6.07, 6.45) is 7.04. The lowest BCUT2D eigenvalue weighted by Crippen LogP contribution is -2.40. The number of fused-ring (bicyclic) bond motifs is 1. The minimum Gasteiger partial charge on any atom is -0.333 e. The molecule has 1 aliphatic carbocycles. The molecule has 36 heavy (non-hydrogen) atoms. The Balaban J connectivity index is 1.64. The molecule has 1 fully saturated rings. The van der Waals surface area contributed by atoms with Crippen molar-refractivity contribution in [2.75, 3.05) is 37.6 Å². The van der Waals surface area contributed by atoms with Crippen LogP contribution in [0.15, 0.2) is 36.7 Å². The van der Waals surface area contributed by atoms with Crippen molar-refractivity contribution in [2.24, 2.45) is 11.8 Å². The fourth-order valence-electron chi connectivity index (χ4n) is 4.91. The van der Waals surface area contributed by atoms with Crippen molar-refractivity contribution in [1.82, 2.24) is 19.8 Å². The Morgan fingerprint density at radius 1 is 0.944 bits per heavy atom. The number of amides is 2. The Hall–Kier alpha value is -2.80. The molecule has 0 atom stereocenters. The standard InChI is InChI=1S/C29H41N5O2/c1-21(2)16-27(35)34-13-7-12-32(19-22(3)4)14-15-33(20-24-8-5-6-9-26(24)34)29(36)25-17-30-28(31-18-25)23-10-11-23/h5-6,8-9,17-18,21-23H,7,10-16,19-20H2,1-4H3. The van der Waals surface area contributed by atoms with E-state index in [9.17, 15) is 9.59 Å². The van der Waals surface area contributed by atoms with Crippen LogP contribution < -0.4 is 4.90 Å². The van der Waals surface area contributed by atoms with Crippen LogP contribution in [0, 0.1) is 11.8 Å². The van der Waals surface area contributed by atoms with Gasteiger partial charge in [-0.05, 0) is 49.3 Å². The Kier molecular flexibility index (Phi) is 8.72. The van der Waals surface area contributed by atoms with Crippen molar-refractivity contribution in [3.63, 3.8) is 0 Å². The highest BCUT2D eigenvalue weighted by Gasteiger charge is 2.28. The third kappa shape index (κ3) is 6.90. The van der Waals surface area contributed by atoms with Crippen LogP contribution in [0.1, 0.15) is 81.0 Å². The number of carbonyl (C=O) groups is 2. The molecule has 1 aromatic heterocycles. The predicted molar refractivity (Wildman–Crippen MR) is 143 cm³/mol. The molecule has 0 N–H and O–H groups in total. The largest absolute Gasteiger partial charge is 0.333 e. The fraction of sp³-hybridized carbons (Fsp3) is 0.586. The van der Waals surface area contributed by atoms with Gasteiger partial charge in [0.1, 0.15) is 5.82 Å². The second-order valence-electron chi connectivity index (χ2n) is 11.2. The van der Waals surface area contributed by atoms with E-state index in [1.807, 2.05) is 34.1 Å². The summed E-state index contributed by atoms with van der Waals surface area (Å²) in [5.41, 5.74) is 2.43. The van der Waals surface area contributed by atoms with Gasteiger partial charge in [0.25, 0.3) is 5.91 Å². The molecule has 7 heteroatoms. The van der Waals surface area contributed by atoms with Crippen LogP contribution in [0.2, 0.25) is 0 Å². The van der Waals surface area contributed by atoms with E-state index in [4.69, 9.17) is 0 Å². The molecule has 0 spiro atoms. The molecule has 2 aromatic rings. The summed E-state index contributed by atoms with van der Waals surface area (Å²) in [6, 6.07) is 8.04. The molecule has 1 aromatic carbocycles. The van der Waals surface area contributed by atoms with Crippen LogP contribution in [-0.2, 0) is 11.3 Å². The summed E-state index contributed by atoms with van der Waals surface area (Å²) in [5.74, 6) is 2.20. The Labute approximate surface area is 215 Å². The second kappa shape index (κ2) is 12.0. The number of hydrogen-bond donors (Lipinski definition) is 0. The minimum absolute atomic E-state index is 0.0593. The molecule has 2 aliphatic rings. The lowest BCUT2D eigenvalue weighted by Gasteiger charge is -2.29. The second-order valence-corrected chi connectivity index (χ2v) is 11.2. The number of para-hydroxylation sites is 1. The zero-order valence-corrected chi connectivity index (χ0v) is 22.3. The number of nitrogens with zero attached hydrogens (tertiary/aromatic N) is 5. The highest BCUT2D eigenvalue weighted by atomic mass is 16.2. The van der Waals surface area contributed by atoms with Gasteiger partial charge in [0.15, 0.2) is 0 Å². The van der Waals surface area contributed by atoms with Crippen LogP contribution >= 0.6 is 0 Å². The van der Waals surface area contributed by atoms with E-state index in [1.165, 1.54) is 0 Å². The molecule has 0 radical (unpaired) electrons. The molecule has 0 saturated heterocycles. The van der Waals surface area contributed by atoms with Gasteiger partial charge in [-0.15, -0.1) is 0 Å². The SMILES string of the molecule is CC(C)CC(=O)N1CCCN(CC(C)C)CCN(C(=O)c2cnc(C3CC3)nc2)Cc2ccccc21. The number of rotatable bonds is 6. The van der Waals surface area contributed by atoms with Gasteiger partial charge in [-0.2, -0.15) is 0 Å². The highest BCUT2D eigenvalue weighted by Crippen LogP contribution is 2.37. The van der Waals surface area contributed by atoms with Crippen molar-refractivity contribution in [3.8, 4) is 0 Å². The first-order valence-corrected chi connectivity index (χ1v) is 13.5. The number of hydrogen-bond acceptors (Lipinski definition) is 5. The summed E-state index contributed by atoms with van der Waals surface area (Å²) in [4.78, 5) is 42.3. The molecule has 7 nitrogen and oxygen atoms in total. The van der Waals surface area contributed by atoms with E-state index in [2.05, 4.69) is 42.6 Å². The topological polar surface area (TPSA) is 69.6 Å². The van der Waals surface area contributed by atoms with E-state index in [1.54, 1.807) is 12.4 Å². The first-order valence-electron chi connectivity index (χ1n) is 13.5. The number of carbonyl (C=O) groups excluding carboxylic acids is 2. The van der Waals surface area contributed by atoms with Crippen LogP contribution in [-0.4, -0.2) is 64.3 Å². The van der Waals surface area contributed by atoms with Crippen molar-refractivity contribution < 1.29 is 9.59 Å². The smallest absolute Gasteiger partial charge is 0.257 e. The summed E-state index contributed by atoms with van der Waals surface area (Å²) >= 11 is 0. The summed E-state index contributed by atoms with van der Waals surface area (Å²) in [6.45, 7) is 13.0. The lowest BCUT2D eigenvalue weighted by atomic mass is 10.1. The maximum absolute atomic E-state index is 13.7. The molecular weight excluding hydrogens is 450 g/mol. The van der Waals surface area contributed by atoms with Gasteiger partial charge in [-0.1, -0.05) is 45.9 Å². The average molecular weight is 492 g/mol. The van der Waals surface area contributed by atoms with Gasteiger partial charge in [-0.25, -0.2) is 9.97 Å². The summed E-state index contributed by atoms with van der Waals surface area (Å²) < 4.78 is 0. The van der Waals surface area contributed by atoms with Gasteiger partial charge in [0.05, 0.1) is 5.56 Å². The number of aromatic nitrogens is 2. The molecule has 0 bridgehead atoms.